The van der Waals surface area contributed by atoms with Crippen LogP contribution < -0.4 is 15.4 Å². The van der Waals surface area contributed by atoms with E-state index in [4.69, 9.17) is 10.5 Å². The molecule has 2 aromatic rings. The third-order valence-electron chi connectivity index (χ3n) is 4.74. The molecule has 6 heteroatoms. The highest BCUT2D eigenvalue weighted by Crippen LogP contribution is 2.40. The van der Waals surface area contributed by atoms with Gasteiger partial charge in [0, 0.05) is 17.5 Å². The van der Waals surface area contributed by atoms with Crippen molar-refractivity contribution in [1.82, 2.24) is 0 Å². The molecular formula is C18H18N2O3S. The van der Waals surface area contributed by atoms with Crippen molar-refractivity contribution in [3.05, 3.63) is 39.8 Å². The minimum Gasteiger partial charge on any atom is -0.479 e. The number of benzene rings is 1. The number of nitrogen functional groups attached to an aromatic ring is 1. The van der Waals surface area contributed by atoms with Crippen LogP contribution >= 0.6 is 11.3 Å². The molecule has 1 aromatic heterocycles. The summed E-state index contributed by atoms with van der Waals surface area (Å²) in [7, 11) is 1.70. The van der Waals surface area contributed by atoms with Crippen LogP contribution in [0.15, 0.2) is 18.2 Å². The van der Waals surface area contributed by atoms with Crippen molar-refractivity contribution in [1.29, 1.82) is 0 Å². The number of rotatable bonds is 2. The Morgan fingerprint density at radius 3 is 2.96 bits per heavy atom. The van der Waals surface area contributed by atoms with Gasteiger partial charge in [-0.05, 0) is 49.9 Å². The number of thiophene rings is 1. The highest BCUT2D eigenvalue weighted by molar-refractivity contribution is 7.16. The van der Waals surface area contributed by atoms with Crippen LogP contribution in [0.25, 0.3) is 0 Å². The smallest absolute Gasteiger partial charge is 0.267 e. The van der Waals surface area contributed by atoms with E-state index in [1.165, 1.54) is 16.2 Å². The van der Waals surface area contributed by atoms with Crippen molar-refractivity contribution in [2.24, 2.45) is 0 Å². The van der Waals surface area contributed by atoms with Crippen LogP contribution in [0.3, 0.4) is 0 Å². The van der Waals surface area contributed by atoms with E-state index in [0.717, 1.165) is 24.8 Å². The van der Waals surface area contributed by atoms with Gasteiger partial charge in [0.05, 0.1) is 16.3 Å². The summed E-state index contributed by atoms with van der Waals surface area (Å²) in [5.41, 5.74) is 9.01. The highest BCUT2D eigenvalue weighted by Gasteiger charge is 2.31. The molecule has 24 heavy (non-hydrogen) atoms. The monoisotopic (exact) mass is 342 g/mol. The van der Waals surface area contributed by atoms with Crippen LogP contribution in [0.5, 0.6) is 5.75 Å². The van der Waals surface area contributed by atoms with Gasteiger partial charge in [-0.15, -0.1) is 11.3 Å². The van der Waals surface area contributed by atoms with E-state index in [-0.39, 0.29) is 11.7 Å². The zero-order valence-corrected chi connectivity index (χ0v) is 14.4. The van der Waals surface area contributed by atoms with Crippen LogP contribution in [-0.4, -0.2) is 24.8 Å². The summed E-state index contributed by atoms with van der Waals surface area (Å²) in [6, 6.07) is 5.22. The summed E-state index contributed by atoms with van der Waals surface area (Å²) in [6.45, 7) is 1.72. The Balaban J connectivity index is 1.76. The number of likely N-dealkylation sites (N-methyl/N-ethyl adjacent to an activating group) is 1. The van der Waals surface area contributed by atoms with Gasteiger partial charge in [0.15, 0.2) is 11.9 Å². The topological polar surface area (TPSA) is 72.6 Å². The van der Waals surface area contributed by atoms with Crippen molar-refractivity contribution >= 4 is 33.7 Å². The Labute approximate surface area is 144 Å². The molecule has 2 aliphatic rings. The summed E-state index contributed by atoms with van der Waals surface area (Å²) in [6.07, 6.45) is 2.48. The van der Waals surface area contributed by atoms with Gasteiger partial charge in [0.25, 0.3) is 5.91 Å². The molecule has 4 rings (SSSR count). The molecule has 0 spiro atoms. The molecule has 0 radical (unpaired) electrons. The van der Waals surface area contributed by atoms with E-state index in [1.807, 2.05) is 0 Å². The fraction of sp³-hybridized carbons (Fsp3) is 0.333. The first kappa shape index (κ1) is 15.2. The standard InChI is InChI=1S/C18H18N2O3S/c1-9-18(22)20(2)12-8-10(6-7-13(12)23-9)16(21)15-11-4-3-5-14(11)24-17(15)19/h6-9H,3-5,19H2,1-2H3. The fourth-order valence-corrected chi connectivity index (χ4v) is 4.63. The van der Waals surface area contributed by atoms with Crippen molar-refractivity contribution in [3.8, 4) is 5.75 Å². The number of ketones is 1. The average Bonchev–Trinajstić information content (AvgIpc) is 3.12. The number of hydrogen-bond acceptors (Lipinski definition) is 5. The molecule has 5 nitrogen and oxygen atoms in total. The second-order valence-electron chi connectivity index (χ2n) is 6.27. The van der Waals surface area contributed by atoms with E-state index >= 15 is 0 Å². The second-order valence-corrected chi connectivity index (χ2v) is 7.40. The summed E-state index contributed by atoms with van der Waals surface area (Å²) >= 11 is 1.52. The van der Waals surface area contributed by atoms with Crippen molar-refractivity contribution in [2.75, 3.05) is 17.7 Å². The largest absolute Gasteiger partial charge is 0.479 e. The number of nitrogens with zero attached hydrogens (tertiary/aromatic N) is 1. The number of carbonyl (C=O) groups excluding carboxylic acids is 2. The van der Waals surface area contributed by atoms with E-state index in [9.17, 15) is 9.59 Å². The number of amides is 1. The van der Waals surface area contributed by atoms with Crippen LogP contribution in [0.1, 0.15) is 39.7 Å². The number of ether oxygens (including phenoxy) is 1. The van der Waals surface area contributed by atoms with Gasteiger partial charge < -0.3 is 15.4 Å². The number of carbonyl (C=O) groups is 2. The molecule has 0 bridgehead atoms. The maximum Gasteiger partial charge on any atom is 0.267 e. The summed E-state index contributed by atoms with van der Waals surface area (Å²) < 4.78 is 5.61. The van der Waals surface area contributed by atoms with Crippen LogP contribution in [-0.2, 0) is 17.6 Å². The Morgan fingerprint density at radius 1 is 1.38 bits per heavy atom. The molecule has 2 heterocycles. The quantitative estimate of drug-likeness (QED) is 0.852. The number of aryl methyl sites for hydroxylation is 1. The Bertz CT molecular complexity index is 871. The summed E-state index contributed by atoms with van der Waals surface area (Å²) in [5.74, 6) is 0.418. The molecular weight excluding hydrogens is 324 g/mol. The van der Waals surface area contributed by atoms with Gasteiger partial charge in [0.2, 0.25) is 0 Å². The lowest BCUT2D eigenvalue weighted by atomic mass is 9.99. The predicted molar refractivity (Wildman–Crippen MR) is 94.1 cm³/mol. The Kier molecular flexibility index (Phi) is 3.38. The molecule has 1 aliphatic heterocycles. The van der Waals surface area contributed by atoms with Crippen molar-refractivity contribution < 1.29 is 14.3 Å². The van der Waals surface area contributed by atoms with Gasteiger partial charge in [-0.3, -0.25) is 9.59 Å². The molecule has 1 aliphatic carbocycles. The highest BCUT2D eigenvalue weighted by atomic mass is 32.1. The van der Waals surface area contributed by atoms with E-state index in [0.29, 0.717) is 27.6 Å². The molecule has 0 saturated carbocycles. The fourth-order valence-electron chi connectivity index (χ4n) is 3.47. The maximum atomic E-state index is 13.0. The zero-order chi connectivity index (χ0) is 17.0. The molecule has 2 N–H and O–H groups in total. The third kappa shape index (κ3) is 2.13. The molecule has 1 aromatic carbocycles. The first-order valence-electron chi connectivity index (χ1n) is 8.00. The van der Waals surface area contributed by atoms with Gasteiger partial charge in [-0.25, -0.2) is 0 Å². The normalized spacial score (nSPS) is 19.0. The SMILES string of the molecule is CC1Oc2ccc(C(=O)c3c(N)sc4c3CCC4)cc2N(C)C1=O. The third-order valence-corrected chi connectivity index (χ3v) is 5.86. The van der Waals surface area contributed by atoms with E-state index < -0.39 is 6.10 Å². The number of anilines is 2. The van der Waals surface area contributed by atoms with Crippen LogP contribution in [0.4, 0.5) is 10.7 Å². The van der Waals surface area contributed by atoms with E-state index in [1.54, 1.807) is 37.1 Å². The lowest BCUT2D eigenvalue weighted by Gasteiger charge is -2.30. The molecule has 1 amide bonds. The minimum absolute atomic E-state index is 0.0748. The number of hydrogen-bond donors (Lipinski definition) is 1. The van der Waals surface area contributed by atoms with Gasteiger partial charge in [0.1, 0.15) is 5.75 Å². The predicted octanol–water partition coefficient (Wildman–Crippen LogP) is 2.79. The minimum atomic E-state index is -0.514. The molecule has 124 valence electrons. The second kappa shape index (κ2) is 5.34. The van der Waals surface area contributed by atoms with Crippen LogP contribution in [0.2, 0.25) is 0 Å². The Hall–Kier alpha value is -2.34. The zero-order valence-electron chi connectivity index (χ0n) is 13.6. The first-order valence-corrected chi connectivity index (χ1v) is 8.82. The number of fused-ring (bicyclic) bond motifs is 2. The lowest BCUT2D eigenvalue weighted by molar-refractivity contribution is -0.125. The lowest BCUT2D eigenvalue weighted by Crippen LogP contribution is -2.42. The van der Waals surface area contributed by atoms with Crippen molar-refractivity contribution in [3.63, 3.8) is 0 Å². The molecule has 0 fully saturated rings. The van der Waals surface area contributed by atoms with Crippen molar-refractivity contribution in [2.45, 2.75) is 32.3 Å². The van der Waals surface area contributed by atoms with Gasteiger partial charge in [-0.2, -0.15) is 0 Å². The van der Waals surface area contributed by atoms with Crippen LogP contribution in [0, 0.1) is 0 Å². The summed E-state index contributed by atoms with van der Waals surface area (Å²) in [5, 5.41) is 0.594. The Morgan fingerprint density at radius 2 is 2.17 bits per heavy atom. The molecule has 0 saturated heterocycles. The van der Waals surface area contributed by atoms with Gasteiger partial charge in [-0.1, -0.05) is 0 Å². The maximum absolute atomic E-state index is 13.0. The average molecular weight is 342 g/mol. The van der Waals surface area contributed by atoms with E-state index in [2.05, 4.69) is 0 Å². The first-order chi connectivity index (χ1) is 11.5. The number of nitrogens with two attached hydrogens (primary N) is 1. The molecule has 1 unspecified atom stereocenters. The van der Waals surface area contributed by atoms with Gasteiger partial charge >= 0.3 is 0 Å². The summed E-state index contributed by atoms with van der Waals surface area (Å²) in [4.78, 5) is 27.9. The molecule has 1 atom stereocenters.